The molecule has 0 N–H and O–H groups in total. The molecule has 2 rings (SSSR count). The van der Waals surface area contributed by atoms with E-state index in [-0.39, 0.29) is 27.6 Å². The van der Waals surface area contributed by atoms with Crippen molar-refractivity contribution >= 4 is 35.0 Å². The number of rotatable bonds is 17. The Morgan fingerprint density at radius 2 is 1.35 bits per heavy atom. The van der Waals surface area contributed by atoms with E-state index in [1.165, 1.54) is 51.8 Å². The molecule has 43 heavy (non-hydrogen) atoms. The van der Waals surface area contributed by atoms with Gasteiger partial charge in [0.1, 0.15) is 0 Å². The van der Waals surface area contributed by atoms with Crippen LogP contribution in [-0.4, -0.2) is 57.9 Å². The second-order valence-electron chi connectivity index (χ2n) is 18.0. The van der Waals surface area contributed by atoms with E-state index in [0.717, 1.165) is 36.9 Å². The Morgan fingerprint density at radius 3 is 1.79 bits per heavy atom. The number of hydrogen-bond acceptors (Lipinski definition) is 3. The molecule has 1 saturated carbocycles. The first-order valence-corrected chi connectivity index (χ1v) is 32.7. The molecule has 0 unspecified atom stereocenters. The van der Waals surface area contributed by atoms with Crippen LogP contribution in [0.4, 0.5) is 0 Å². The molecule has 0 amide bonds. The summed E-state index contributed by atoms with van der Waals surface area (Å²) in [4.78, 5) is 0. The van der Waals surface area contributed by atoms with Crippen LogP contribution < -0.4 is 0 Å². The van der Waals surface area contributed by atoms with Crippen molar-refractivity contribution in [1.29, 1.82) is 0 Å². The van der Waals surface area contributed by atoms with Crippen LogP contribution in [0.15, 0.2) is 11.1 Å². The molecule has 2 aliphatic rings. The first-order chi connectivity index (χ1) is 19.7. The van der Waals surface area contributed by atoms with Gasteiger partial charge < -0.3 is 0 Å². The zero-order valence-electron chi connectivity index (χ0n) is 31.9. The number of hydrogen-bond donors (Lipinski definition) is 0. The van der Waals surface area contributed by atoms with E-state index in [9.17, 15) is 0 Å². The molecule has 254 valence electrons. The molecule has 3 nitrogen and oxygen atoms in total. The molecular formula is C37H76O3Si2Sn. The monoisotopic (exact) mass is 744 g/mol. The maximum absolute atomic E-state index is 7.54. The summed E-state index contributed by atoms with van der Waals surface area (Å²) in [6.45, 7) is 37.1. The molecule has 6 heteroatoms. The Bertz CT molecular complexity index is 894. The van der Waals surface area contributed by atoms with Crippen LogP contribution in [0.1, 0.15) is 133 Å². The van der Waals surface area contributed by atoms with Gasteiger partial charge in [0, 0.05) is 0 Å². The van der Waals surface area contributed by atoms with Gasteiger partial charge in [-0.05, 0) is 0 Å². The van der Waals surface area contributed by atoms with Gasteiger partial charge in [-0.25, -0.2) is 0 Å². The molecule has 0 aromatic carbocycles. The Labute approximate surface area is 276 Å². The molecule has 0 aromatic heterocycles. The van der Waals surface area contributed by atoms with Crippen molar-refractivity contribution in [2.75, 3.05) is 11.2 Å². The number of unbranched alkanes of at least 4 members (excludes halogenated alkanes) is 3. The summed E-state index contributed by atoms with van der Waals surface area (Å²) in [6, 6.07) is 0. The van der Waals surface area contributed by atoms with Gasteiger partial charge >= 0.3 is 257 Å². The predicted molar refractivity (Wildman–Crippen MR) is 198 cm³/mol. The van der Waals surface area contributed by atoms with Crippen molar-refractivity contribution < 1.29 is 13.6 Å². The standard InChI is InChI=1S/C25H49O3Si2.3C4H9.Sn/c1-19-20(18-26-8)14-17-25(28-29(9,10)11)23(5,6)21(15-16-24(19,25)7)27-30(12,13)22(2,3)4;3*1-3-4-2;/h21H,8,14-18H2,1-7,9-13H3;3*1,3-4H2,2H3;/t21-,24+,25+;;;;/m0..../s1. The molecule has 3 atom stereocenters. The van der Waals surface area contributed by atoms with Gasteiger partial charge in [0.2, 0.25) is 0 Å². The van der Waals surface area contributed by atoms with Crippen molar-refractivity contribution in [1.82, 2.24) is 0 Å². The summed E-state index contributed by atoms with van der Waals surface area (Å²) in [5.74, 6) is 0. The third-order valence-corrected chi connectivity index (χ3v) is 32.3. The third-order valence-electron chi connectivity index (χ3n) is 12.4. The maximum atomic E-state index is 7.54. The van der Waals surface area contributed by atoms with E-state index >= 15 is 0 Å². The van der Waals surface area contributed by atoms with Gasteiger partial charge in [0.15, 0.2) is 0 Å². The van der Waals surface area contributed by atoms with Crippen molar-refractivity contribution in [3.8, 4) is 0 Å². The van der Waals surface area contributed by atoms with Crippen LogP contribution in [-0.2, 0) is 13.6 Å². The van der Waals surface area contributed by atoms with Crippen molar-refractivity contribution in [2.24, 2.45) is 10.8 Å². The molecule has 2 aliphatic carbocycles. The fraction of sp³-hybridized carbons (Fsp3) is 0.946. The van der Waals surface area contributed by atoms with Crippen molar-refractivity contribution in [3.05, 3.63) is 11.1 Å². The van der Waals surface area contributed by atoms with Crippen LogP contribution in [0.2, 0.25) is 51.1 Å². The zero-order valence-corrected chi connectivity index (χ0v) is 36.8. The molecular weight excluding hydrogens is 667 g/mol. The van der Waals surface area contributed by atoms with Crippen LogP contribution in [0, 0.1) is 10.8 Å². The van der Waals surface area contributed by atoms with Gasteiger partial charge in [-0.3, -0.25) is 0 Å². The average molecular weight is 744 g/mol. The Kier molecular flexibility index (Phi) is 14.3. The average Bonchev–Trinajstić information content (AvgIpc) is 2.89. The fourth-order valence-electron chi connectivity index (χ4n) is 8.32. The molecule has 0 radical (unpaired) electrons. The Morgan fingerprint density at radius 1 is 0.837 bits per heavy atom. The summed E-state index contributed by atoms with van der Waals surface area (Å²) in [5.41, 5.74) is 2.88. The molecule has 0 saturated heterocycles. The normalized spacial score (nSPS) is 27.0. The summed E-state index contributed by atoms with van der Waals surface area (Å²) in [7, 11) is -3.77. The molecule has 0 aliphatic heterocycles. The van der Waals surface area contributed by atoms with Gasteiger partial charge in [-0.15, -0.1) is 0 Å². The van der Waals surface area contributed by atoms with E-state index in [1.54, 1.807) is 11.1 Å². The van der Waals surface area contributed by atoms with Gasteiger partial charge in [0.25, 0.3) is 0 Å². The van der Waals surface area contributed by atoms with E-state index in [1.807, 2.05) is 0 Å². The summed E-state index contributed by atoms with van der Waals surface area (Å²) in [5, 5.41) is 0.204. The van der Waals surface area contributed by atoms with Crippen LogP contribution >= 0.6 is 0 Å². The second kappa shape index (κ2) is 15.4. The van der Waals surface area contributed by atoms with Crippen molar-refractivity contribution in [2.45, 2.75) is 196 Å². The third kappa shape index (κ3) is 9.06. The van der Waals surface area contributed by atoms with E-state index in [2.05, 4.69) is 102 Å². The van der Waals surface area contributed by atoms with Gasteiger partial charge in [-0.1, -0.05) is 20.8 Å². The van der Waals surface area contributed by atoms with Crippen LogP contribution in [0.5, 0.6) is 0 Å². The van der Waals surface area contributed by atoms with Gasteiger partial charge in [-0.2, -0.15) is 0 Å². The quantitative estimate of drug-likeness (QED) is 0.110. The van der Waals surface area contributed by atoms with Gasteiger partial charge in [0.05, 0.1) is 0 Å². The summed E-state index contributed by atoms with van der Waals surface area (Å²) in [6.07, 6.45) is 12.9. The second-order valence-corrected chi connectivity index (χ2v) is 40.9. The summed E-state index contributed by atoms with van der Waals surface area (Å²) >= 11 is -2.31. The molecule has 0 aromatic rings. The molecule has 0 spiro atoms. The topological polar surface area (TPSA) is 27.7 Å². The molecule has 0 bridgehead atoms. The Balaban J connectivity index is 2.43. The van der Waals surface area contributed by atoms with Crippen LogP contribution in [0.3, 0.4) is 0 Å². The number of fused-ring (bicyclic) bond motifs is 1. The van der Waals surface area contributed by atoms with E-state index in [4.69, 9.17) is 13.6 Å². The van der Waals surface area contributed by atoms with E-state index in [0.29, 0.717) is 0 Å². The first kappa shape index (κ1) is 40.0. The SMILES string of the molecule is CCC[CH2][Sn]([CH2]CCC)([CH2]CCC)[CH2]OCC1=C(C)[C@@]2(C)CC[C@H](O[Si](C)(C)C(C)(C)C)C(C)(C)[C@]2(O[Si](C)(C)C)CC1. The first-order valence-electron chi connectivity index (χ1n) is 18.3. The Hall–Kier alpha value is 0.852. The van der Waals surface area contributed by atoms with Crippen molar-refractivity contribution in [3.63, 3.8) is 0 Å². The fourth-order valence-corrected chi connectivity index (χ4v) is 25.8. The van der Waals surface area contributed by atoms with Crippen LogP contribution in [0.25, 0.3) is 0 Å². The molecule has 0 heterocycles. The summed E-state index contributed by atoms with van der Waals surface area (Å²) < 4.78 is 27.5. The number of ether oxygens (including phenoxy) is 1. The minimum atomic E-state index is -2.31. The molecule has 1 fully saturated rings. The predicted octanol–water partition coefficient (Wildman–Crippen LogP) is 12.3. The van der Waals surface area contributed by atoms with E-state index < -0.39 is 35.0 Å². The minimum absolute atomic E-state index is 0.00795. The zero-order chi connectivity index (χ0) is 33.0.